The Kier molecular flexibility index (Phi) is 4.09. The third-order valence-corrected chi connectivity index (χ3v) is 1.73. The van der Waals surface area contributed by atoms with E-state index >= 15 is 0 Å². The van der Waals surface area contributed by atoms with E-state index < -0.39 is 10.9 Å². The minimum atomic E-state index is -1.27. The number of benzene rings is 1. The number of rotatable bonds is 5. The molecule has 0 heterocycles. The van der Waals surface area contributed by atoms with Crippen LogP contribution in [-0.2, 0) is 4.79 Å². The molecule has 1 aromatic rings. The number of carbonyl (C=O) groups is 1. The predicted molar refractivity (Wildman–Crippen MR) is 55.2 cm³/mol. The van der Waals surface area contributed by atoms with E-state index in [1.807, 2.05) is 0 Å². The van der Waals surface area contributed by atoms with Crippen LogP contribution in [0.3, 0.4) is 0 Å². The van der Waals surface area contributed by atoms with E-state index in [9.17, 15) is 20.0 Å². The molecule has 8 nitrogen and oxygen atoms in total. The molecule has 0 fully saturated rings. The van der Waals surface area contributed by atoms with Gasteiger partial charge in [-0.1, -0.05) is 5.22 Å². The first-order valence-corrected chi connectivity index (χ1v) is 4.56. The van der Waals surface area contributed by atoms with E-state index in [2.05, 4.69) is 10.3 Å². The molecule has 1 rings (SSSR count). The molecule has 0 unspecified atom stereocenters. The van der Waals surface area contributed by atoms with Crippen LogP contribution in [0.25, 0.3) is 0 Å². The van der Waals surface area contributed by atoms with E-state index in [4.69, 9.17) is 0 Å². The first-order valence-electron chi connectivity index (χ1n) is 4.56. The molecule has 17 heavy (non-hydrogen) atoms. The van der Waals surface area contributed by atoms with Crippen LogP contribution in [-0.4, -0.2) is 29.5 Å². The number of nitrogens with zero attached hydrogens (tertiary/aromatic N) is 4. The van der Waals surface area contributed by atoms with Crippen LogP contribution in [0, 0.1) is 10.1 Å². The number of hydrogen-bond donors (Lipinski definition) is 0. The standard InChI is InChI=1S/C9H10N4O4/c1-12(6-9(14)15)11-10-7-2-4-8(5-3-7)13(16)17/h2-5H,6H2,1H3,(H,14,15)/p-1. The topological polar surface area (TPSA) is 111 Å². The van der Waals surface area contributed by atoms with E-state index in [0.717, 1.165) is 5.01 Å². The zero-order valence-electron chi connectivity index (χ0n) is 8.94. The molecular formula is C9H9N4O4-. The van der Waals surface area contributed by atoms with Gasteiger partial charge < -0.3 is 9.90 Å². The predicted octanol–water partition coefficient (Wildman–Crippen LogP) is 0.275. The Hall–Kier alpha value is -2.51. The molecule has 0 aliphatic carbocycles. The van der Waals surface area contributed by atoms with Crippen molar-refractivity contribution in [3.8, 4) is 0 Å². The number of non-ortho nitro benzene ring substituents is 1. The molecule has 90 valence electrons. The third kappa shape index (κ3) is 4.24. The number of likely N-dealkylation sites (N-methyl/N-ethyl adjacent to an activating group) is 1. The number of carboxylic acid groups (broad SMARTS) is 1. The van der Waals surface area contributed by atoms with E-state index in [1.54, 1.807) is 0 Å². The lowest BCUT2D eigenvalue weighted by Crippen LogP contribution is -2.33. The lowest BCUT2D eigenvalue weighted by molar-refractivity contribution is -0.384. The highest BCUT2D eigenvalue weighted by molar-refractivity contribution is 5.66. The summed E-state index contributed by atoms with van der Waals surface area (Å²) in [5.74, 6) is -1.27. The summed E-state index contributed by atoms with van der Waals surface area (Å²) in [6.07, 6.45) is 0. The number of carboxylic acids is 1. The van der Waals surface area contributed by atoms with Gasteiger partial charge in [0.1, 0.15) is 0 Å². The minimum Gasteiger partial charge on any atom is -0.548 e. The lowest BCUT2D eigenvalue weighted by Gasteiger charge is -2.10. The van der Waals surface area contributed by atoms with Crippen LogP contribution in [0.1, 0.15) is 0 Å². The third-order valence-electron chi connectivity index (χ3n) is 1.73. The summed E-state index contributed by atoms with van der Waals surface area (Å²) in [7, 11) is 1.42. The Morgan fingerprint density at radius 1 is 1.41 bits per heavy atom. The van der Waals surface area contributed by atoms with E-state index in [-0.39, 0.29) is 12.2 Å². The fourth-order valence-electron chi connectivity index (χ4n) is 0.987. The van der Waals surface area contributed by atoms with E-state index in [0.29, 0.717) is 5.69 Å². The van der Waals surface area contributed by atoms with Gasteiger partial charge in [0.2, 0.25) is 0 Å². The summed E-state index contributed by atoms with van der Waals surface area (Å²) in [6.45, 7) is -0.378. The Balaban J connectivity index is 2.65. The van der Waals surface area contributed by atoms with Crippen LogP contribution >= 0.6 is 0 Å². The fourth-order valence-corrected chi connectivity index (χ4v) is 0.987. The monoisotopic (exact) mass is 237 g/mol. The molecule has 0 amide bonds. The fraction of sp³-hybridized carbons (Fsp3) is 0.222. The Morgan fingerprint density at radius 3 is 2.47 bits per heavy atom. The largest absolute Gasteiger partial charge is 0.548 e. The molecule has 0 atom stereocenters. The van der Waals surface area contributed by atoms with Gasteiger partial charge in [0.25, 0.3) is 5.69 Å². The Bertz CT molecular complexity index is 443. The van der Waals surface area contributed by atoms with Gasteiger partial charge in [0, 0.05) is 19.2 Å². The van der Waals surface area contributed by atoms with Crippen molar-refractivity contribution in [3.63, 3.8) is 0 Å². The van der Waals surface area contributed by atoms with Gasteiger partial charge in [-0.25, -0.2) is 0 Å². The van der Waals surface area contributed by atoms with Crippen LogP contribution in [0.4, 0.5) is 11.4 Å². The van der Waals surface area contributed by atoms with Gasteiger partial charge in [-0.2, -0.15) is 0 Å². The average Bonchev–Trinajstić information content (AvgIpc) is 2.26. The molecule has 0 aromatic heterocycles. The van der Waals surface area contributed by atoms with Crippen LogP contribution in [0.15, 0.2) is 34.6 Å². The molecule has 1 aromatic carbocycles. The Labute approximate surface area is 96.3 Å². The van der Waals surface area contributed by atoms with Crippen LogP contribution in [0.5, 0.6) is 0 Å². The van der Waals surface area contributed by atoms with Gasteiger partial charge in [0.05, 0.1) is 23.1 Å². The van der Waals surface area contributed by atoms with E-state index in [1.165, 1.54) is 31.3 Å². The van der Waals surface area contributed by atoms with Crippen LogP contribution < -0.4 is 5.11 Å². The molecule has 0 saturated heterocycles. The molecule has 0 aliphatic heterocycles. The highest BCUT2D eigenvalue weighted by Crippen LogP contribution is 2.18. The molecule has 0 N–H and O–H groups in total. The van der Waals surface area contributed by atoms with Gasteiger partial charge in [0.15, 0.2) is 0 Å². The molecule has 0 bridgehead atoms. The number of nitro groups is 1. The average molecular weight is 237 g/mol. The number of carbonyl (C=O) groups excluding carboxylic acids is 1. The van der Waals surface area contributed by atoms with Crippen molar-refractivity contribution >= 4 is 17.3 Å². The summed E-state index contributed by atoms with van der Waals surface area (Å²) in [6, 6.07) is 5.39. The zero-order valence-corrected chi connectivity index (χ0v) is 8.94. The van der Waals surface area contributed by atoms with Crippen molar-refractivity contribution in [2.75, 3.05) is 13.6 Å². The molecule has 0 aliphatic rings. The lowest BCUT2D eigenvalue weighted by atomic mass is 10.3. The van der Waals surface area contributed by atoms with Gasteiger partial charge in [-0.15, -0.1) is 5.11 Å². The molecule has 8 heteroatoms. The first-order chi connectivity index (χ1) is 7.99. The van der Waals surface area contributed by atoms with Crippen LogP contribution in [0.2, 0.25) is 0 Å². The van der Waals surface area contributed by atoms with Crippen molar-refractivity contribution in [1.82, 2.24) is 5.01 Å². The quantitative estimate of drug-likeness (QED) is 0.414. The zero-order chi connectivity index (χ0) is 12.8. The highest BCUT2D eigenvalue weighted by Gasteiger charge is 2.03. The summed E-state index contributed by atoms with van der Waals surface area (Å²) in [5, 5.41) is 28.9. The maximum Gasteiger partial charge on any atom is 0.269 e. The van der Waals surface area contributed by atoms with Crippen molar-refractivity contribution in [2.24, 2.45) is 10.3 Å². The van der Waals surface area contributed by atoms with Crippen molar-refractivity contribution in [3.05, 3.63) is 34.4 Å². The summed E-state index contributed by atoms with van der Waals surface area (Å²) < 4.78 is 0. The highest BCUT2D eigenvalue weighted by atomic mass is 16.6. The maximum atomic E-state index is 10.4. The second-order valence-electron chi connectivity index (χ2n) is 3.15. The minimum absolute atomic E-state index is 0.0490. The second-order valence-corrected chi connectivity index (χ2v) is 3.15. The molecule has 0 saturated carbocycles. The van der Waals surface area contributed by atoms with Crippen molar-refractivity contribution in [1.29, 1.82) is 0 Å². The van der Waals surface area contributed by atoms with Crippen molar-refractivity contribution in [2.45, 2.75) is 0 Å². The smallest absolute Gasteiger partial charge is 0.269 e. The first kappa shape index (κ1) is 12.6. The number of nitro benzene ring substituents is 1. The molecule has 0 radical (unpaired) electrons. The Morgan fingerprint density at radius 2 is 2.00 bits per heavy atom. The number of aliphatic carboxylic acids is 1. The normalized spacial score (nSPS) is 10.4. The maximum absolute atomic E-state index is 10.4. The summed E-state index contributed by atoms with van der Waals surface area (Å²) in [4.78, 5) is 20.1. The van der Waals surface area contributed by atoms with Crippen molar-refractivity contribution < 1.29 is 14.8 Å². The number of hydrogen-bond acceptors (Lipinski definition) is 6. The SMILES string of the molecule is CN(CC(=O)[O-])N=Nc1ccc([N+](=O)[O-])cc1. The second kappa shape index (κ2) is 5.54. The van der Waals surface area contributed by atoms with Gasteiger partial charge in [-0.05, 0) is 12.1 Å². The summed E-state index contributed by atoms with van der Waals surface area (Å²) >= 11 is 0. The molecular weight excluding hydrogens is 228 g/mol. The van der Waals surface area contributed by atoms with Gasteiger partial charge >= 0.3 is 0 Å². The summed E-state index contributed by atoms with van der Waals surface area (Å²) in [5.41, 5.74) is 0.341. The molecule has 0 spiro atoms. The van der Waals surface area contributed by atoms with Gasteiger partial charge in [-0.3, -0.25) is 15.1 Å².